The van der Waals surface area contributed by atoms with Gasteiger partial charge in [0.05, 0.1) is 58.0 Å². The van der Waals surface area contributed by atoms with Crippen LogP contribution in [0.3, 0.4) is 0 Å². The van der Waals surface area contributed by atoms with E-state index in [1.54, 1.807) is 26.3 Å². The number of nitrogens with zero attached hydrogens (tertiary/aromatic N) is 1. The van der Waals surface area contributed by atoms with Crippen molar-refractivity contribution in [1.29, 1.82) is 0 Å². The van der Waals surface area contributed by atoms with E-state index in [0.717, 1.165) is 5.46 Å². The summed E-state index contributed by atoms with van der Waals surface area (Å²) in [6.07, 6.45) is 17.7. The van der Waals surface area contributed by atoms with Crippen LogP contribution in [0.15, 0.2) is 24.3 Å². The van der Waals surface area contributed by atoms with Crippen molar-refractivity contribution in [3.8, 4) is 327 Å². The Labute approximate surface area is 615 Å². The third-order valence-electron chi connectivity index (χ3n) is 9.03. The number of benzene rings is 1. The van der Waals surface area contributed by atoms with E-state index in [-0.39, 0.29) is 145 Å². The molecule has 2 rings (SSSR count). The Kier molecular flexibility index (Phi) is 48.4. The molecule has 0 bridgehead atoms. The molecule has 0 aliphatic carbocycles. The van der Waals surface area contributed by atoms with Crippen LogP contribution in [-0.2, 0) is 28.3 Å². The van der Waals surface area contributed by atoms with Gasteiger partial charge < -0.3 is 50.0 Å². The number of halogens is 1. The maximum Gasteiger partial charge on any atom is 0.493 e. The van der Waals surface area contributed by atoms with Gasteiger partial charge in [0, 0.05) is 233 Å². The van der Waals surface area contributed by atoms with Gasteiger partial charge in [-0.3, -0.25) is 0 Å². The molecule has 1 heterocycles. The van der Waals surface area contributed by atoms with E-state index in [0.29, 0.717) is 45.1 Å². The first-order valence-corrected chi connectivity index (χ1v) is 24.4. The van der Waals surface area contributed by atoms with E-state index in [4.69, 9.17) is 52.3 Å². The maximum atomic E-state index is 6.19. The minimum Gasteiger partial charge on any atom is -1.00 e. The summed E-state index contributed by atoms with van der Waals surface area (Å²) in [5.41, 5.74) is 0.425. The number of hydrogen-bond acceptors (Lipinski definition) is 7. The van der Waals surface area contributed by atoms with Crippen LogP contribution >= 0.6 is 0 Å². The summed E-state index contributed by atoms with van der Waals surface area (Å²) in [5.74, 6) is 121. The van der Waals surface area contributed by atoms with Crippen LogP contribution in [0.4, 0.5) is 0 Å². The van der Waals surface area contributed by atoms with Crippen LogP contribution in [0, 0.1) is 327 Å². The summed E-state index contributed by atoms with van der Waals surface area (Å²) in [4.78, 5) is 0. The molecular weight excluding hydrogens is 1150 g/mol. The zero-order chi connectivity index (χ0) is 61.1. The Morgan fingerprint density at radius 1 is 0.489 bits per heavy atom. The fraction of sp³-hybridized carbons (Fsp3) is 0.231. The third-order valence-corrected chi connectivity index (χ3v) is 9.03. The molecule has 524 valence electrons. The maximum absolute atomic E-state index is 6.19. The van der Waals surface area contributed by atoms with Gasteiger partial charge >= 0.3 is 7.12 Å². The monoisotopic (exact) mass is 1310 g/mol. The molecular formula is C78H155BBrNO7. The van der Waals surface area contributed by atoms with Gasteiger partial charge in [-0.05, 0) is 166 Å². The zero-order valence-corrected chi connectivity index (χ0v) is 48.4. The Hall–Kier alpha value is -12.6. The highest BCUT2D eigenvalue weighted by atomic mass is 79.9. The molecule has 1 aliphatic heterocycles. The predicted molar refractivity (Wildman–Crippen MR) is 457 cm³/mol. The van der Waals surface area contributed by atoms with Gasteiger partial charge in [0.2, 0.25) is 0 Å². The molecule has 88 heavy (non-hydrogen) atoms. The van der Waals surface area contributed by atoms with Gasteiger partial charge in [-0.1, -0.05) is 40.8 Å². The lowest BCUT2D eigenvalue weighted by Crippen LogP contribution is -3.00. The molecule has 0 N–H and O–H groups in total. The van der Waals surface area contributed by atoms with Crippen molar-refractivity contribution in [3.05, 3.63) is 24.3 Å². The third kappa shape index (κ3) is 43.2. The number of hydrogen-bond donors (Lipinski definition) is 0. The quantitative estimate of drug-likeness (QED) is 0.0707. The highest BCUT2D eigenvalue weighted by Crippen LogP contribution is 2.24. The molecule has 2 atom stereocenters. The summed E-state index contributed by atoms with van der Waals surface area (Å²) in [5, 5.41) is 0. The van der Waals surface area contributed by atoms with Crippen molar-refractivity contribution >= 4 is 12.6 Å². The number of likely N-dealkylation sites (N-methyl/N-ethyl adjacent to an activating group) is 1. The van der Waals surface area contributed by atoms with Crippen LogP contribution < -0.4 is 27.2 Å². The van der Waals surface area contributed by atoms with E-state index in [2.05, 4.69) is 302 Å². The molecule has 1 saturated heterocycles. The molecule has 1 aromatic rings. The zero-order valence-electron chi connectivity index (χ0n) is 46.8. The lowest BCUT2D eigenvalue weighted by molar-refractivity contribution is -0.773. The molecule has 10 heteroatoms. The highest BCUT2D eigenvalue weighted by molar-refractivity contribution is 6.61. The van der Waals surface area contributed by atoms with E-state index in [1.807, 2.05) is 26.0 Å². The van der Waals surface area contributed by atoms with E-state index < -0.39 is 12.5 Å². The van der Waals surface area contributed by atoms with Gasteiger partial charge in [0.15, 0.2) is 12.1 Å². The van der Waals surface area contributed by atoms with Gasteiger partial charge in [-0.15, -0.1) is 19.3 Å². The van der Waals surface area contributed by atoms with Crippen LogP contribution in [0.5, 0.6) is 5.75 Å². The van der Waals surface area contributed by atoms with Crippen LogP contribution in [0.25, 0.3) is 0 Å². The average Bonchev–Trinajstić information content (AvgIpc) is 0.828. The lowest BCUT2D eigenvalue weighted by atomic mass is 9.76. The first-order valence-electron chi connectivity index (χ1n) is 24.4. The average molecular weight is 1310 g/mol. The largest absolute Gasteiger partial charge is 1.00 e. The summed E-state index contributed by atoms with van der Waals surface area (Å²) in [7, 11) is 2.84. The molecule has 2 unspecified atom stereocenters. The minimum absolute atomic E-state index is 0. The topological polar surface area (TPSA) is 64.6 Å². The van der Waals surface area contributed by atoms with Crippen molar-refractivity contribution in [3.63, 3.8) is 0 Å². The van der Waals surface area contributed by atoms with Crippen molar-refractivity contribution in [2.75, 3.05) is 67.0 Å². The first-order chi connectivity index (χ1) is 41.8. The Bertz CT molecular complexity index is 4420. The fourth-order valence-electron chi connectivity index (χ4n) is 5.10. The second-order valence-corrected chi connectivity index (χ2v) is 15.5. The van der Waals surface area contributed by atoms with Crippen LogP contribution in [0.1, 0.15) is 112 Å². The van der Waals surface area contributed by atoms with E-state index >= 15 is 0 Å². The molecule has 0 aromatic heterocycles. The minimum atomic E-state index is -0.558. The van der Waals surface area contributed by atoms with E-state index in [9.17, 15) is 0 Å². The Balaban J connectivity index is -0.0000000240. The number of methoxy groups -OCH3 is 1. The normalized spacial score (nSPS) is 9.22. The van der Waals surface area contributed by atoms with E-state index in [1.165, 1.54) is 0 Å². The lowest BCUT2D eigenvalue weighted by Gasteiger charge is -2.36. The first kappa shape index (κ1) is 77.5. The van der Waals surface area contributed by atoms with Gasteiger partial charge in [0.25, 0.3) is 0 Å². The Morgan fingerprint density at radius 3 is 1.16 bits per heavy atom. The van der Waals surface area contributed by atoms with Gasteiger partial charge in [0.1, 0.15) is 24.5 Å². The fourth-order valence-corrected chi connectivity index (χ4v) is 5.10. The summed E-state index contributed by atoms with van der Waals surface area (Å²) >= 11 is 0. The number of rotatable bonds is 16. The molecule has 1 aliphatic rings. The highest BCUT2D eigenvalue weighted by Gasteiger charge is 2.37. The van der Waals surface area contributed by atoms with Crippen molar-refractivity contribution < 1.29 is 131 Å². The van der Waals surface area contributed by atoms with Crippen molar-refractivity contribution in [1.82, 2.24) is 0 Å². The number of ether oxygens (including phenoxy) is 5. The van der Waals surface area contributed by atoms with Gasteiger partial charge in [-0.2, -0.15) is 4.48 Å². The Morgan fingerprint density at radius 2 is 0.818 bits per heavy atom. The van der Waals surface area contributed by atoms with Gasteiger partial charge in [-0.25, -0.2) is 0 Å². The molecule has 0 radical (unpaired) electrons. The molecule has 0 spiro atoms. The molecule has 0 saturated carbocycles. The second-order valence-electron chi connectivity index (χ2n) is 15.5. The molecule has 1 aromatic carbocycles. The summed E-state index contributed by atoms with van der Waals surface area (Å²) in [6, 6.07) is 13.3. The second kappa shape index (κ2) is 55.0. The van der Waals surface area contributed by atoms with Crippen LogP contribution in [-0.4, -0.2) is 90.8 Å². The molecule has 0 amide bonds. The van der Waals surface area contributed by atoms with Crippen molar-refractivity contribution in [2.24, 2.45) is 5.41 Å². The number of terminal acetylenes is 3. The molecule has 8 nitrogen and oxygen atoms in total. The number of quaternary nitrogens is 1. The summed E-state index contributed by atoms with van der Waals surface area (Å²) in [6.45, 7) is 6.74. The van der Waals surface area contributed by atoms with Crippen molar-refractivity contribution in [2.45, 2.75) is 47.3 Å². The smallest absolute Gasteiger partial charge is 0.493 e. The summed E-state index contributed by atoms with van der Waals surface area (Å²) < 4.78 is 41.6. The molecule has 1 fully saturated rings. The SMILES string of the molecule is C.C.C#CC#CC#CC#CC#CC#CC#CC#CC#COc1ccc(B2OCC(C)(COCC(COC(CC)COCC[N+](C)(C#CC#CC#CC#CC#CC#CC#CC#CC#C)C#CC#CC#CC#CC#CC#CC#CC#CC#C)OC)CO2)cc1.[Br-].[HH].[HH].[HH].[HH].[HH].[HH].[HH].[HH].[HH].[HH].[HH].[HH].[HH].[HH].[HH].[HH].[HH].[HH].[HH].[HH].[HH].[HH].[HH].[HH].[HH].[HH].[HH].[HH].[HH].[HH].[HH].[HH].[HH].[HH].[HH].[HH].[HH].[HH].[HH].[HH].[HH].[HH].[HH].[HH].[HH].[HH].[HH].[HH].[HH].[HH].[HH].[HH].[HH].[HH]. The standard InChI is InChI=1S/C76H39BNO7.2CH4.BrH.54H2/c1-8-12-15-18-21-24-27-30-33-36-39-42-45-48-51-54-61-78(6,62-55-52-49-46-43-40-37-34-31-28-25-22-19-16-13-9-2)63-65-80-66-73(11-4)83-68-75(79-7)67-81-69-76(5)70-84-77(85-71-76)72-57-59-74(60-58-72)82-64-56-53-50-47-44-41-38-35-32-29-26-23-20-17-14-10-3;;;;;;;;;;;;;;;;;;;;;;;;;;;;;;;;;;;;;;;;;;;;;;;;;;;;;;;;;/h1-3,57-60,73,75H,11,63,65-71H2,4-7H3;2*1H4;55*1H/q+1;;;;;;;;;;;;;;;;;;;;;;;;;;;;;;;;;;;;;;;;;;;;;;;;;;;;;;;;;/p-1. The van der Waals surface area contributed by atoms with Crippen LogP contribution in [0.2, 0.25) is 0 Å². The predicted octanol–water partition coefficient (Wildman–Crippen LogP) is 13.5.